The van der Waals surface area contributed by atoms with Crippen molar-refractivity contribution in [2.24, 2.45) is 0 Å². The molecule has 0 aliphatic carbocycles. The number of rotatable bonds is 6. The highest BCUT2D eigenvalue weighted by molar-refractivity contribution is 6.44. The Morgan fingerprint density at radius 2 is 1.85 bits per heavy atom. The number of urea groups is 1. The fourth-order valence-corrected chi connectivity index (χ4v) is 3.76. The minimum absolute atomic E-state index is 0.0615. The lowest BCUT2D eigenvalue weighted by molar-refractivity contribution is -0.925. The third-order valence-electron chi connectivity index (χ3n) is 5.11. The van der Waals surface area contributed by atoms with Crippen LogP contribution in [0.5, 0.6) is 11.5 Å². The molecule has 2 saturated heterocycles. The average Bonchev–Trinajstić information content (AvgIpc) is 3.20. The molecule has 2 heterocycles. The molecule has 0 bridgehead atoms. The highest BCUT2D eigenvalue weighted by Crippen LogP contribution is 2.31. The fourth-order valence-electron chi connectivity index (χ4n) is 3.76. The van der Waals surface area contributed by atoms with Crippen molar-refractivity contribution in [3.8, 4) is 11.5 Å². The van der Waals surface area contributed by atoms with Crippen molar-refractivity contribution in [1.29, 1.82) is 0 Å². The number of hydrogen-bond donors (Lipinski definition) is 1. The Balaban J connectivity index is 1.85. The van der Waals surface area contributed by atoms with E-state index in [0.717, 1.165) is 51.1 Å². The summed E-state index contributed by atoms with van der Waals surface area (Å²) in [7, 11) is 3.22. The first-order chi connectivity index (χ1) is 12.5. The summed E-state index contributed by atoms with van der Waals surface area (Å²) in [5.74, 6) is -0.00698. The number of amides is 4. The minimum atomic E-state index is -0.744. The SMILES string of the molecule is CCN1C(=O)C(=O)N(C[NH+]2CCC[C@H]2c2cc(OC)ccc2OC)C1=O. The van der Waals surface area contributed by atoms with Crippen molar-refractivity contribution in [1.82, 2.24) is 9.80 Å². The Morgan fingerprint density at radius 1 is 1.12 bits per heavy atom. The van der Waals surface area contributed by atoms with E-state index < -0.39 is 17.8 Å². The monoisotopic (exact) mass is 362 g/mol. The van der Waals surface area contributed by atoms with Crippen LogP contribution in [0.2, 0.25) is 0 Å². The smallest absolute Gasteiger partial charge is 0.338 e. The molecule has 2 atom stereocenters. The first-order valence-electron chi connectivity index (χ1n) is 8.75. The molecule has 2 aliphatic heterocycles. The van der Waals surface area contributed by atoms with Gasteiger partial charge in [0.25, 0.3) is 0 Å². The van der Waals surface area contributed by atoms with Gasteiger partial charge >= 0.3 is 17.8 Å². The van der Waals surface area contributed by atoms with Crippen LogP contribution in [0.3, 0.4) is 0 Å². The zero-order chi connectivity index (χ0) is 18.8. The van der Waals surface area contributed by atoms with Crippen molar-refractivity contribution in [3.05, 3.63) is 23.8 Å². The standard InChI is InChI=1S/C18H23N3O5/c1-4-20-16(22)17(23)21(18(20)24)11-19-9-5-6-14(19)13-10-12(25-2)7-8-15(13)26-3/h7-8,10,14H,4-6,9,11H2,1-3H3/p+1/t14-/m0/s1. The number of quaternary nitrogens is 1. The predicted molar refractivity (Wildman–Crippen MR) is 91.8 cm³/mol. The van der Waals surface area contributed by atoms with Crippen LogP contribution in [-0.2, 0) is 9.59 Å². The quantitative estimate of drug-likeness (QED) is 0.577. The molecule has 0 aromatic heterocycles. The lowest BCUT2D eigenvalue weighted by Crippen LogP contribution is -3.12. The third kappa shape index (κ3) is 3.01. The molecule has 0 radical (unpaired) electrons. The maximum absolute atomic E-state index is 12.4. The molecule has 0 spiro atoms. The summed E-state index contributed by atoms with van der Waals surface area (Å²) >= 11 is 0. The van der Waals surface area contributed by atoms with E-state index in [-0.39, 0.29) is 19.3 Å². The molecule has 4 amide bonds. The van der Waals surface area contributed by atoms with Crippen LogP contribution in [0.25, 0.3) is 0 Å². The largest absolute Gasteiger partial charge is 0.497 e. The van der Waals surface area contributed by atoms with Gasteiger partial charge in [0.05, 0.1) is 26.3 Å². The molecular formula is C18H24N3O5+. The van der Waals surface area contributed by atoms with E-state index in [1.54, 1.807) is 21.1 Å². The second kappa shape index (κ2) is 7.33. The second-order valence-electron chi connectivity index (χ2n) is 6.43. The highest BCUT2D eigenvalue weighted by atomic mass is 16.5. The van der Waals surface area contributed by atoms with Crippen molar-refractivity contribution >= 4 is 17.8 Å². The molecule has 2 aliphatic rings. The Morgan fingerprint density at radius 3 is 2.46 bits per heavy atom. The van der Waals surface area contributed by atoms with E-state index >= 15 is 0 Å². The number of likely N-dealkylation sites (N-methyl/N-ethyl adjacent to an activating group) is 1. The van der Waals surface area contributed by atoms with Gasteiger partial charge in [0, 0.05) is 19.4 Å². The van der Waals surface area contributed by atoms with Gasteiger partial charge in [0.1, 0.15) is 17.5 Å². The van der Waals surface area contributed by atoms with Gasteiger partial charge in [-0.1, -0.05) is 0 Å². The van der Waals surface area contributed by atoms with Gasteiger partial charge in [0.2, 0.25) is 0 Å². The molecule has 26 heavy (non-hydrogen) atoms. The summed E-state index contributed by atoms with van der Waals surface area (Å²) in [6.07, 6.45) is 1.86. The molecule has 8 heteroatoms. The summed E-state index contributed by atoms with van der Waals surface area (Å²) in [6, 6.07) is 5.16. The molecule has 3 rings (SSSR count). The molecule has 1 N–H and O–H groups in total. The van der Waals surface area contributed by atoms with Crippen molar-refractivity contribution in [2.45, 2.75) is 25.8 Å². The third-order valence-corrected chi connectivity index (χ3v) is 5.11. The summed E-state index contributed by atoms with van der Waals surface area (Å²) in [6.45, 7) is 2.86. The van der Waals surface area contributed by atoms with Gasteiger partial charge in [-0.25, -0.2) is 9.69 Å². The number of nitrogens with one attached hydrogen (secondary N) is 1. The lowest BCUT2D eigenvalue weighted by Gasteiger charge is -2.26. The minimum Gasteiger partial charge on any atom is -0.497 e. The molecule has 2 fully saturated rings. The molecule has 1 aromatic carbocycles. The van der Waals surface area contributed by atoms with Gasteiger partial charge in [-0.3, -0.25) is 14.5 Å². The topological polar surface area (TPSA) is 80.6 Å². The van der Waals surface area contributed by atoms with Gasteiger partial charge in [-0.05, 0) is 25.1 Å². The van der Waals surface area contributed by atoms with Crippen molar-refractivity contribution < 1.29 is 28.8 Å². The Hall–Kier alpha value is -2.61. The van der Waals surface area contributed by atoms with Gasteiger partial charge in [-0.15, -0.1) is 0 Å². The maximum Gasteiger partial charge on any atom is 0.338 e. The van der Waals surface area contributed by atoms with E-state index in [1.807, 2.05) is 18.2 Å². The van der Waals surface area contributed by atoms with E-state index in [2.05, 4.69) is 0 Å². The Labute approximate surface area is 152 Å². The first-order valence-corrected chi connectivity index (χ1v) is 8.75. The maximum atomic E-state index is 12.4. The first kappa shape index (κ1) is 18.2. The molecule has 1 unspecified atom stereocenters. The summed E-state index contributed by atoms with van der Waals surface area (Å²) in [5, 5.41) is 0. The molecule has 0 saturated carbocycles. The Bertz CT molecular complexity index is 736. The molecule has 8 nitrogen and oxygen atoms in total. The number of nitrogens with zero attached hydrogens (tertiary/aromatic N) is 2. The normalized spacial score (nSPS) is 23.1. The number of hydrogen-bond acceptors (Lipinski definition) is 5. The van der Waals surface area contributed by atoms with Crippen LogP contribution in [0.15, 0.2) is 18.2 Å². The van der Waals surface area contributed by atoms with Gasteiger partial charge < -0.3 is 14.4 Å². The van der Waals surface area contributed by atoms with Gasteiger partial charge in [0.15, 0.2) is 6.67 Å². The molecular weight excluding hydrogens is 338 g/mol. The van der Waals surface area contributed by atoms with E-state index in [4.69, 9.17) is 9.47 Å². The van der Waals surface area contributed by atoms with E-state index in [9.17, 15) is 14.4 Å². The number of carbonyl (C=O) groups excluding carboxylic acids is 3. The van der Waals surface area contributed by atoms with Crippen molar-refractivity contribution in [2.75, 3.05) is 34.0 Å². The highest BCUT2D eigenvalue weighted by Gasteiger charge is 2.47. The average molecular weight is 362 g/mol. The summed E-state index contributed by atoms with van der Waals surface area (Å²) in [4.78, 5) is 39.6. The zero-order valence-corrected chi connectivity index (χ0v) is 15.3. The number of imide groups is 2. The van der Waals surface area contributed by atoms with Crippen LogP contribution >= 0.6 is 0 Å². The van der Waals surface area contributed by atoms with Gasteiger partial charge in [-0.2, -0.15) is 0 Å². The summed E-state index contributed by atoms with van der Waals surface area (Å²) < 4.78 is 10.8. The number of carbonyl (C=O) groups is 3. The summed E-state index contributed by atoms with van der Waals surface area (Å²) in [5.41, 5.74) is 0.983. The molecule has 1 aromatic rings. The van der Waals surface area contributed by atoms with Crippen molar-refractivity contribution in [3.63, 3.8) is 0 Å². The lowest BCUT2D eigenvalue weighted by atomic mass is 10.0. The second-order valence-corrected chi connectivity index (χ2v) is 6.43. The fraction of sp³-hybridized carbons (Fsp3) is 0.500. The van der Waals surface area contributed by atoms with Crippen LogP contribution in [0.1, 0.15) is 31.4 Å². The predicted octanol–water partition coefficient (Wildman–Crippen LogP) is 0.192. The van der Waals surface area contributed by atoms with E-state index in [0.29, 0.717) is 0 Å². The number of benzene rings is 1. The number of likely N-dealkylation sites (tertiary alicyclic amines) is 1. The van der Waals surface area contributed by atoms with Crippen LogP contribution < -0.4 is 14.4 Å². The Kier molecular flexibility index (Phi) is 5.13. The van der Waals surface area contributed by atoms with Crippen LogP contribution in [-0.4, -0.2) is 61.6 Å². The number of ether oxygens (including phenoxy) is 2. The van der Waals surface area contributed by atoms with E-state index in [1.165, 1.54) is 0 Å². The van der Waals surface area contributed by atoms with Crippen LogP contribution in [0.4, 0.5) is 4.79 Å². The molecule has 140 valence electrons. The number of methoxy groups -OCH3 is 2. The van der Waals surface area contributed by atoms with Crippen LogP contribution in [0, 0.1) is 0 Å². The zero-order valence-electron chi connectivity index (χ0n) is 15.3.